The fraction of sp³-hybridized carbons (Fsp3) is 0.386. The van der Waals surface area contributed by atoms with Crippen LogP contribution in [0.4, 0.5) is 5.69 Å². The molecule has 290 valence electrons. The van der Waals surface area contributed by atoms with Crippen LogP contribution in [-0.2, 0) is 37.3 Å². The number of benzene rings is 3. The first-order valence-electron chi connectivity index (χ1n) is 19.7. The van der Waals surface area contributed by atoms with Crippen molar-refractivity contribution in [3.05, 3.63) is 112 Å². The average molecular weight is 754 g/mol. The number of nitriles is 1. The van der Waals surface area contributed by atoms with E-state index in [0.717, 1.165) is 83.7 Å². The molecule has 2 aliphatic rings. The number of nitrogens with zero attached hydrogens (tertiary/aromatic N) is 6. The van der Waals surface area contributed by atoms with Gasteiger partial charge >= 0.3 is 0 Å². The summed E-state index contributed by atoms with van der Waals surface area (Å²) >= 11 is 0. The van der Waals surface area contributed by atoms with E-state index < -0.39 is 5.91 Å². The number of fused-ring (bicyclic) bond motifs is 1. The van der Waals surface area contributed by atoms with Crippen molar-refractivity contribution in [1.29, 1.82) is 5.26 Å². The molecule has 0 unspecified atom stereocenters. The summed E-state index contributed by atoms with van der Waals surface area (Å²) in [6.07, 6.45) is 4.23. The third-order valence-electron chi connectivity index (χ3n) is 10.9. The van der Waals surface area contributed by atoms with Crippen LogP contribution in [0.5, 0.6) is 0 Å². The van der Waals surface area contributed by atoms with Gasteiger partial charge in [-0.05, 0) is 91.8 Å². The molecule has 0 aliphatic carbocycles. The summed E-state index contributed by atoms with van der Waals surface area (Å²) in [5, 5.41) is 23.2. The van der Waals surface area contributed by atoms with Crippen LogP contribution in [-0.4, -0.2) is 81.3 Å². The first-order valence-corrected chi connectivity index (χ1v) is 19.7. The molecule has 0 saturated carbocycles. The lowest BCUT2D eigenvalue weighted by Crippen LogP contribution is -2.48. The minimum Gasteiger partial charge on any atom is -0.381 e. The number of hydrogen-bond acceptors (Lipinski definition) is 9. The number of piperazine rings is 1. The molecule has 2 amide bonds. The van der Waals surface area contributed by atoms with Gasteiger partial charge in [-0.15, -0.1) is 0 Å². The Labute approximate surface area is 328 Å². The Morgan fingerprint density at radius 1 is 1.04 bits per heavy atom. The minimum atomic E-state index is -0.601. The molecular formula is C44H51N9O3. The van der Waals surface area contributed by atoms with Crippen molar-refractivity contribution in [3.8, 4) is 17.2 Å². The molecule has 2 fully saturated rings. The second kappa shape index (κ2) is 17.5. The molecule has 2 aromatic heterocycles. The van der Waals surface area contributed by atoms with Crippen molar-refractivity contribution in [1.82, 2.24) is 29.9 Å². The highest BCUT2D eigenvalue weighted by Crippen LogP contribution is 2.34. The summed E-state index contributed by atoms with van der Waals surface area (Å²) in [5.74, 6) is -0.856. The largest absolute Gasteiger partial charge is 0.381 e. The summed E-state index contributed by atoms with van der Waals surface area (Å²) in [4.78, 5) is 36.3. The number of pyridine rings is 1. The van der Waals surface area contributed by atoms with E-state index in [-0.39, 0.29) is 30.6 Å². The summed E-state index contributed by atoms with van der Waals surface area (Å²) in [6.45, 7) is 12.6. The number of ether oxygens (including phenoxy) is 1. The molecule has 0 spiro atoms. The van der Waals surface area contributed by atoms with E-state index in [0.29, 0.717) is 43.3 Å². The lowest BCUT2D eigenvalue weighted by Gasteiger charge is -2.31. The van der Waals surface area contributed by atoms with E-state index >= 15 is 0 Å². The van der Waals surface area contributed by atoms with Crippen molar-refractivity contribution < 1.29 is 14.3 Å². The van der Waals surface area contributed by atoms with Crippen molar-refractivity contribution in [2.75, 3.05) is 38.2 Å². The number of nitrogens with two attached hydrogens (primary N) is 1. The maximum Gasteiger partial charge on any atom is 0.254 e. The van der Waals surface area contributed by atoms with Crippen molar-refractivity contribution in [2.24, 2.45) is 5.73 Å². The molecule has 0 bridgehead atoms. The smallest absolute Gasteiger partial charge is 0.254 e. The summed E-state index contributed by atoms with van der Waals surface area (Å²) in [5.41, 5.74) is 14.2. The molecule has 1 atom stereocenters. The number of aryl methyl sites for hydroxylation is 2. The molecule has 3 aromatic carbocycles. The first-order chi connectivity index (χ1) is 27.2. The predicted molar refractivity (Wildman–Crippen MR) is 218 cm³/mol. The Hall–Kier alpha value is -5.61. The van der Waals surface area contributed by atoms with Gasteiger partial charge in [0.2, 0.25) is 5.91 Å². The lowest BCUT2D eigenvalue weighted by molar-refractivity contribution is 0.0730. The molecule has 4 heterocycles. The van der Waals surface area contributed by atoms with E-state index in [9.17, 15) is 14.9 Å². The van der Waals surface area contributed by atoms with E-state index in [1.165, 1.54) is 5.56 Å². The summed E-state index contributed by atoms with van der Waals surface area (Å²) < 4.78 is 7.59. The monoisotopic (exact) mass is 753 g/mol. The number of hydrogen-bond donors (Lipinski definition) is 3. The quantitative estimate of drug-likeness (QED) is 0.134. The predicted octanol–water partition coefficient (Wildman–Crippen LogP) is 5.88. The van der Waals surface area contributed by atoms with Gasteiger partial charge in [0.15, 0.2) is 5.65 Å². The number of nitrogens with one attached hydrogen (secondary N) is 2. The average Bonchev–Trinajstić information content (AvgIpc) is 3.64. The highest BCUT2D eigenvalue weighted by molar-refractivity contribution is 5.99. The van der Waals surface area contributed by atoms with Gasteiger partial charge in [0.1, 0.15) is 0 Å². The van der Waals surface area contributed by atoms with E-state index in [4.69, 9.17) is 15.5 Å². The Kier molecular flexibility index (Phi) is 12.1. The standard InChI is InChI=1S/C44H51N9O3/c1-4-40-39(41(49-36-14-18-56-19-15-36)38-24-48-53(5-2)43(38)50-40)28-52(44(55)34-11-7-10-33(22-34)42(46)54)27-31-12-13-35(23-45)37(21-31)32-9-6-8-30(20-32)26-51-17-16-47-29(3)25-51/h6-13,20-22,24,29,36,47H,4-5,14-19,25-28H2,1-3H3,(H2,46,54)(H,49,50)/t29-/m0/s1. The van der Waals surface area contributed by atoms with Crippen LogP contribution in [0.25, 0.3) is 22.2 Å². The zero-order valence-electron chi connectivity index (χ0n) is 32.6. The molecule has 4 N–H and O–H groups in total. The van der Waals surface area contributed by atoms with Crippen molar-refractivity contribution >= 4 is 28.5 Å². The number of carbonyl (C=O) groups excluding carboxylic acids is 2. The number of aromatic nitrogens is 3. The van der Waals surface area contributed by atoms with E-state index in [1.54, 1.807) is 29.2 Å². The fourth-order valence-electron chi connectivity index (χ4n) is 7.96. The second-order valence-electron chi connectivity index (χ2n) is 14.9. The van der Waals surface area contributed by atoms with Crippen LogP contribution in [0.1, 0.15) is 82.3 Å². The van der Waals surface area contributed by atoms with Gasteiger partial charge in [0.05, 0.1) is 35.4 Å². The van der Waals surface area contributed by atoms with Gasteiger partial charge in [-0.2, -0.15) is 10.4 Å². The molecule has 2 aliphatic heterocycles. The van der Waals surface area contributed by atoms with Crippen molar-refractivity contribution in [2.45, 2.75) is 78.3 Å². The van der Waals surface area contributed by atoms with Gasteiger partial charge in [-0.1, -0.05) is 37.3 Å². The lowest BCUT2D eigenvalue weighted by atomic mass is 9.95. The maximum atomic E-state index is 14.7. The van der Waals surface area contributed by atoms with Crippen LogP contribution in [0, 0.1) is 11.3 Å². The maximum absolute atomic E-state index is 14.7. The Balaban J connectivity index is 1.29. The second-order valence-corrected chi connectivity index (χ2v) is 14.9. The number of carbonyl (C=O) groups is 2. The Morgan fingerprint density at radius 2 is 1.84 bits per heavy atom. The number of anilines is 1. The molecule has 56 heavy (non-hydrogen) atoms. The molecule has 0 radical (unpaired) electrons. The van der Waals surface area contributed by atoms with Crippen molar-refractivity contribution in [3.63, 3.8) is 0 Å². The van der Waals surface area contributed by atoms with Gasteiger partial charge in [0.25, 0.3) is 5.91 Å². The molecule has 12 nitrogen and oxygen atoms in total. The topological polar surface area (TPSA) is 154 Å². The first kappa shape index (κ1) is 38.7. The van der Waals surface area contributed by atoms with Gasteiger partial charge in [-0.3, -0.25) is 14.5 Å². The fourth-order valence-corrected chi connectivity index (χ4v) is 7.96. The third kappa shape index (κ3) is 8.60. The van der Waals surface area contributed by atoms with Crippen LogP contribution in [0.15, 0.2) is 72.9 Å². The number of rotatable bonds is 13. The molecule has 5 aromatic rings. The molecule has 2 saturated heterocycles. The van der Waals surface area contributed by atoms with E-state index in [2.05, 4.69) is 65.7 Å². The van der Waals surface area contributed by atoms with Gasteiger partial charge in [-0.25, -0.2) is 9.67 Å². The number of amides is 2. The Bertz CT molecular complexity index is 2250. The van der Waals surface area contributed by atoms with Crippen LogP contribution in [0.2, 0.25) is 0 Å². The highest BCUT2D eigenvalue weighted by atomic mass is 16.5. The zero-order chi connectivity index (χ0) is 39.2. The van der Waals surface area contributed by atoms with E-state index in [1.807, 2.05) is 35.1 Å². The summed E-state index contributed by atoms with van der Waals surface area (Å²) in [7, 11) is 0. The molecular weight excluding hydrogens is 703 g/mol. The zero-order valence-corrected chi connectivity index (χ0v) is 32.6. The summed E-state index contributed by atoms with van der Waals surface area (Å²) in [6, 6.07) is 23.8. The number of primary amides is 1. The van der Waals surface area contributed by atoms with Gasteiger partial charge < -0.3 is 26.0 Å². The van der Waals surface area contributed by atoms with Crippen LogP contribution >= 0.6 is 0 Å². The SMILES string of the molecule is CCc1nc2c(cnn2CC)c(NC2CCOCC2)c1CN(Cc1ccc(C#N)c(-c2cccc(CN3CCN[C@@H](C)C3)c2)c1)C(=O)c1cccc(C(N)=O)c1. The minimum absolute atomic E-state index is 0.186. The third-order valence-corrected chi connectivity index (χ3v) is 10.9. The molecule has 12 heteroatoms. The van der Waals surface area contributed by atoms with Crippen LogP contribution in [0.3, 0.4) is 0 Å². The molecule has 7 rings (SSSR count). The van der Waals surface area contributed by atoms with Crippen LogP contribution < -0.4 is 16.4 Å². The normalized spacial score (nSPS) is 16.4. The van der Waals surface area contributed by atoms with Gasteiger partial charge in [0, 0.05) is 87.0 Å². The highest BCUT2D eigenvalue weighted by Gasteiger charge is 2.26. The Morgan fingerprint density at radius 3 is 2.59 bits per heavy atom.